The minimum absolute atomic E-state index is 0.0575. The number of aromatic nitrogens is 3. The van der Waals surface area contributed by atoms with Crippen molar-refractivity contribution in [2.45, 2.75) is 38.3 Å². The summed E-state index contributed by atoms with van der Waals surface area (Å²) in [6.07, 6.45) is 7.75. The Labute approximate surface area is 158 Å². The third-order valence-electron chi connectivity index (χ3n) is 5.16. The number of nitriles is 1. The predicted octanol–water partition coefficient (Wildman–Crippen LogP) is 3.51. The maximum Gasteiger partial charge on any atom is 0.154 e. The molecule has 7 heteroatoms. The molecule has 0 spiro atoms. The van der Waals surface area contributed by atoms with Gasteiger partial charge in [0.05, 0.1) is 11.8 Å². The van der Waals surface area contributed by atoms with E-state index in [1.807, 2.05) is 12.3 Å². The Bertz CT molecular complexity index is 801. The van der Waals surface area contributed by atoms with E-state index in [2.05, 4.69) is 16.0 Å². The molecule has 2 aliphatic rings. The number of pyridine rings is 1. The van der Waals surface area contributed by atoms with Gasteiger partial charge in [-0.25, -0.2) is 9.67 Å². The van der Waals surface area contributed by atoms with Gasteiger partial charge in [-0.2, -0.15) is 10.4 Å². The van der Waals surface area contributed by atoms with Crippen LogP contribution in [-0.2, 0) is 11.3 Å². The maximum absolute atomic E-state index is 9.09. The van der Waals surface area contributed by atoms with E-state index in [9.17, 15) is 0 Å². The number of halogens is 1. The van der Waals surface area contributed by atoms with Crippen molar-refractivity contribution in [3.63, 3.8) is 0 Å². The molecule has 6 nitrogen and oxygen atoms in total. The molecule has 26 heavy (non-hydrogen) atoms. The molecule has 0 aliphatic carbocycles. The number of piperidine rings is 1. The summed E-state index contributed by atoms with van der Waals surface area (Å²) in [6.45, 7) is 3.52. The zero-order chi connectivity index (χ0) is 17.9. The van der Waals surface area contributed by atoms with Crippen LogP contribution >= 0.6 is 11.6 Å². The van der Waals surface area contributed by atoms with Gasteiger partial charge in [0.15, 0.2) is 5.82 Å². The second-order valence-electron chi connectivity index (χ2n) is 7.00. The molecule has 2 fully saturated rings. The van der Waals surface area contributed by atoms with E-state index < -0.39 is 0 Å². The van der Waals surface area contributed by atoms with Crippen LogP contribution in [0.2, 0.25) is 5.02 Å². The Morgan fingerprint density at radius 2 is 2.15 bits per heavy atom. The fourth-order valence-corrected chi connectivity index (χ4v) is 3.86. The zero-order valence-electron chi connectivity index (χ0n) is 14.6. The van der Waals surface area contributed by atoms with Crippen molar-refractivity contribution >= 4 is 11.6 Å². The number of ether oxygens (including phenoxy) is 1. The van der Waals surface area contributed by atoms with Gasteiger partial charge in [0, 0.05) is 48.1 Å². The van der Waals surface area contributed by atoms with Crippen molar-refractivity contribution in [2.75, 3.05) is 19.7 Å². The summed E-state index contributed by atoms with van der Waals surface area (Å²) in [5, 5.41) is 14.5. The average Bonchev–Trinajstić information content (AvgIpc) is 3.32. The van der Waals surface area contributed by atoms with Crippen LogP contribution in [0.15, 0.2) is 24.5 Å². The monoisotopic (exact) mass is 371 g/mol. The van der Waals surface area contributed by atoms with Gasteiger partial charge in [-0.1, -0.05) is 11.6 Å². The van der Waals surface area contributed by atoms with Gasteiger partial charge in [-0.3, -0.25) is 4.90 Å². The van der Waals surface area contributed by atoms with Crippen LogP contribution in [0.1, 0.15) is 43.0 Å². The van der Waals surface area contributed by atoms with Crippen molar-refractivity contribution in [1.82, 2.24) is 19.7 Å². The third kappa shape index (κ3) is 3.75. The SMILES string of the molecule is N#CC1CCN(Cc2cn(-c3cc(Cl)ccn3)nc2C2CCCO2)CC1. The molecule has 0 N–H and O–H groups in total. The first-order chi connectivity index (χ1) is 12.7. The topological polar surface area (TPSA) is 67.0 Å². The summed E-state index contributed by atoms with van der Waals surface area (Å²) in [5.41, 5.74) is 2.18. The Balaban J connectivity index is 1.59. The molecule has 2 aliphatic heterocycles. The highest BCUT2D eigenvalue weighted by molar-refractivity contribution is 6.30. The molecule has 2 saturated heterocycles. The van der Waals surface area contributed by atoms with Crippen molar-refractivity contribution in [3.8, 4) is 11.9 Å². The molecule has 136 valence electrons. The van der Waals surface area contributed by atoms with Gasteiger partial charge in [-0.05, 0) is 44.8 Å². The van der Waals surface area contributed by atoms with Crippen LogP contribution in [0.5, 0.6) is 0 Å². The molecular weight excluding hydrogens is 350 g/mol. The number of hydrogen-bond donors (Lipinski definition) is 0. The number of nitrogens with zero attached hydrogens (tertiary/aromatic N) is 5. The lowest BCUT2D eigenvalue weighted by Gasteiger charge is -2.29. The quantitative estimate of drug-likeness (QED) is 0.822. The Morgan fingerprint density at radius 3 is 2.85 bits per heavy atom. The molecule has 0 saturated carbocycles. The summed E-state index contributed by atoms with van der Waals surface area (Å²) in [5.74, 6) is 0.911. The van der Waals surface area contributed by atoms with E-state index >= 15 is 0 Å². The van der Waals surface area contributed by atoms with E-state index in [0.29, 0.717) is 10.8 Å². The van der Waals surface area contributed by atoms with Gasteiger partial charge < -0.3 is 4.74 Å². The zero-order valence-corrected chi connectivity index (χ0v) is 15.4. The van der Waals surface area contributed by atoms with E-state index in [1.54, 1.807) is 16.9 Å². The molecule has 4 rings (SSSR count). The highest BCUT2D eigenvalue weighted by Crippen LogP contribution is 2.31. The van der Waals surface area contributed by atoms with Crippen molar-refractivity contribution in [1.29, 1.82) is 5.26 Å². The van der Waals surface area contributed by atoms with Crippen LogP contribution in [0.4, 0.5) is 0 Å². The second kappa shape index (κ2) is 7.75. The summed E-state index contributed by atoms with van der Waals surface area (Å²) in [7, 11) is 0. The maximum atomic E-state index is 9.09. The largest absolute Gasteiger partial charge is 0.372 e. The standard InChI is InChI=1S/C19H22ClN5O/c20-16-3-6-22-18(10-16)25-13-15(19(23-25)17-2-1-9-26-17)12-24-7-4-14(11-21)5-8-24/h3,6,10,13-14,17H,1-2,4-5,7-9,12H2. The number of hydrogen-bond acceptors (Lipinski definition) is 5. The Hall–Kier alpha value is -1.94. The van der Waals surface area contributed by atoms with Gasteiger partial charge in [0.2, 0.25) is 0 Å². The smallest absolute Gasteiger partial charge is 0.154 e. The van der Waals surface area contributed by atoms with Crippen LogP contribution in [-0.4, -0.2) is 39.4 Å². The van der Waals surface area contributed by atoms with Crippen LogP contribution < -0.4 is 0 Å². The van der Waals surface area contributed by atoms with E-state index in [-0.39, 0.29) is 12.0 Å². The molecule has 2 aromatic rings. The average molecular weight is 372 g/mol. The van der Waals surface area contributed by atoms with Crippen LogP contribution in [0, 0.1) is 17.2 Å². The highest BCUT2D eigenvalue weighted by atomic mass is 35.5. The predicted molar refractivity (Wildman–Crippen MR) is 97.9 cm³/mol. The first kappa shape index (κ1) is 17.5. The fourth-order valence-electron chi connectivity index (χ4n) is 3.71. The van der Waals surface area contributed by atoms with E-state index in [1.165, 1.54) is 5.56 Å². The normalized spacial score (nSPS) is 21.8. The molecule has 2 aromatic heterocycles. The van der Waals surface area contributed by atoms with Crippen molar-refractivity contribution in [3.05, 3.63) is 40.8 Å². The third-order valence-corrected chi connectivity index (χ3v) is 5.40. The molecular formula is C19H22ClN5O. The van der Waals surface area contributed by atoms with E-state index in [4.69, 9.17) is 26.7 Å². The molecule has 1 atom stereocenters. The minimum Gasteiger partial charge on any atom is -0.372 e. The fraction of sp³-hybridized carbons (Fsp3) is 0.526. The minimum atomic E-state index is 0.0575. The molecule has 0 radical (unpaired) electrons. The number of rotatable bonds is 4. The lowest BCUT2D eigenvalue weighted by Crippen LogP contribution is -2.33. The Kier molecular flexibility index (Phi) is 5.21. The van der Waals surface area contributed by atoms with Gasteiger partial charge in [0.25, 0.3) is 0 Å². The molecule has 1 unspecified atom stereocenters. The van der Waals surface area contributed by atoms with Crippen LogP contribution in [0.25, 0.3) is 5.82 Å². The van der Waals surface area contributed by atoms with Gasteiger partial charge in [-0.15, -0.1) is 0 Å². The van der Waals surface area contributed by atoms with Gasteiger partial charge in [0.1, 0.15) is 6.10 Å². The first-order valence-corrected chi connectivity index (χ1v) is 9.54. The molecule has 0 aromatic carbocycles. The Morgan fingerprint density at radius 1 is 1.31 bits per heavy atom. The van der Waals surface area contributed by atoms with Crippen molar-refractivity contribution in [2.24, 2.45) is 5.92 Å². The molecule has 0 amide bonds. The second-order valence-corrected chi connectivity index (χ2v) is 7.43. The molecule has 4 heterocycles. The van der Waals surface area contributed by atoms with E-state index in [0.717, 1.165) is 57.6 Å². The number of likely N-dealkylation sites (tertiary alicyclic amines) is 1. The highest BCUT2D eigenvalue weighted by Gasteiger charge is 2.27. The summed E-state index contributed by atoms with van der Waals surface area (Å²) in [4.78, 5) is 6.79. The first-order valence-electron chi connectivity index (χ1n) is 9.17. The van der Waals surface area contributed by atoms with Gasteiger partial charge >= 0.3 is 0 Å². The summed E-state index contributed by atoms with van der Waals surface area (Å²) in [6, 6.07) is 5.97. The lowest BCUT2D eigenvalue weighted by molar-refractivity contribution is 0.106. The summed E-state index contributed by atoms with van der Waals surface area (Å²) >= 11 is 6.11. The van der Waals surface area contributed by atoms with Crippen LogP contribution in [0.3, 0.4) is 0 Å². The lowest BCUT2D eigenvalue weighted by atomic mass is 9.98. The summed E-state index contributed by atoms with van der Waals surface area (Å²) < 4.78 is 7.70. The van der Waals surface area contributed by atoms with Crippen molar-refractivity contribution < 1.29 is 4.74 Å². The molecule has 0 bridgehead atoms.